The molecule has 154 valence electrons. The molecule has 0 fully saturated rings. The third-order valence-corrected chi connectivity index (χ3v) is 6.79. The molecule has 1 aliphatic heterocycles. The van der Waals surface area contributed by atoms with Gasteiger partial charge < -0.3 is 5.11 Å². The Morgan fingerprint density at radius 1 is 1.06 bits per heavy atom. The fraction of sp³-hybridized carbons (Fsp3) is 0.0455. The molecule has 5 nitrogen and oxygen atoms in total. The number of Topliss-reactive ketones (excluding diaryl/α,β-unsaturated/α-hetero) is 1. The molecule has 2 aromatic carbocycles. The first-order valence-corrected chi connectivity index (χ1v) is 10.8. The molecule has 3 heterocycles. The van der Waals surface area contributed by atoms with Crippen molar-refractivity contribution >= 4 is 49.7 Å². The molecule has 4 aromatic rings. The summed E-state index contributed by atoms with van der Waals surface area (Å²) in [7, 11) is 0. The third kappa shape index (κ3) is 3.22. The second kappa shape index (κ2) is 7.36. The van der Waals surface area contributed by atoms with Crippen molar-refractivity contribution in [3.05, 3.63) is 93.4 Å². The molecular weight excluding hydrogens is 442 g/mol. The Balaban J connectivity index is 1.70. The number of halogens is 2. The van der Waals surface area contributed by atoms with Crippen LogP contribution in [0.4, 0.5) is 13.9 Å². The topological polar surface area (TPSA) is 70.5 Å². The first kappa shape index (κ1) is 19.5. The number of carbonyl (C=O) groups excluding carboxylic acids is 2. The van der Waals surface area contributed by atoms with E-state index in [0.717, 1.165) is 16.2 Å². The number of anilines is 1. The van der Waals surface area contributed by atoms with Gasteiger partial charge in [0, 0.05) is 0 Å². The highest BCUT2D eigenvalue weighted by molar-refractivity contribution is 7.22. The molecule has 0 unspecified atom stereocenters. The van der Waals surface area contributed by atoms with Gasteiger partial charge in [0.15, 0.2) is 10.9 Å². The maximum Gasteiger partial charge on any atom is 0.296 e. The Hall–Kier alpha value is -3.43. The number of aliphatic hydroxyl groups excluding tert-OH is 1. The summed E-state index contributed by atoms with van der Waals surface area (Å²) >= 11 is 2.21. The number of aromatic nitrogens is 1. The zero-order chi connectivity index (χ0) is 21.7. The van der Waals surface area contributed by atoms with Gasteiger partial charge in [0.05, 0.1) is 26.7 Å². The molecule has 1 atom stereocenters. The van der Waals surface area contributed by atoms with Crippen LogP contribution in [-0.4, -0.2) is 21.8 Å². The lowest BCUT2D eigenvalue weighted by molar-refractivity contribution is -0.117. The highest BCUT2D eigenvalue weighted by Crippen LogP contribution is 2.44. The van der Waals surface area contributed by atoms with E-state index < -0.39 is 35.1 Å². The fourth-order valence-corrected chi connectivity index (χ4v) is 5.25. The average Bonchev–Trinajstić information content (AvgIpc) is 3.46. The highest BCUT2D eigenvalue weighted by Gasteiger charge is 2.46. The molecular formula is C22H12F2N2O3S2. The van der Waals surface area contributed by atoms with Gasteiger partial charge in [0.1, 0.15) is 11.6 Å². The zero-order valence-electron chi connectivity index (χ0n) is 15.6. The number of thiazole rings is 1. The zero-order valence-corrected chi connectivity index (χ0v) is 17.2. The number of hydrogen-bond donors (Lipinski definition) is 1. The molecule has 0 aliphatic carbocycles. The van der Waals surface area contributed by atoms with E-state index in [1.165, 1.54) is 47.7 Å². The minimum atomic E-state index is -1.08. The fourth-order valence-electron chi connectivity index (χ4n) is 3.56. The third-order valence-electron chi connectivity index (χ3n) is 4.91. The number of nitrogens with zero attached hydrogens (tertiary/aromatic N) is 2. The number of aliphatic hydroxyl groups is 1. The number of benzene rings is 2. The summed E-state index contributed by atoms with van der Waals surface area (Å²) in [5.74, 6) is -3.06. The summed E-state index contributed by atoms with van der Waals surface area (Å²) in [5, 5.41) is 12.5. The van der Waals surface area contributed by atoms with Gasteiger partial charge in [0.25, 0.3) is 5.91 Å². The summed E-state index contributed by atoms with van der Waals surface area (Å²) in [5.41, 5.74) is 0.621. The van der Waals surface area contributed by atoms with E-state index in [1.807, 2.05) is 0 Å². The van der Waals surface area contributed by atoms with E-state index in [9.17, 15) is 23.5 Å². The predicted octanol–water partition coefficient (Wildman–Crippen LogP) is 5.42. The van der Waals surface area contributed by atoms with Crippen molar-refractivity contribution in [2.75, 3.05) is 4.90 Å². The van der Waals surface area contributed by atoms with Gasteiger partial charge in [-0.3, -0.25) is 14.5 Å². The predicted molar refractivity (Wildman–Crippen MR) is 115 cm³/mol. The standard InChI is InChI=1S/C22H12F2N2O3S2/c23-12-4-1-3-11(9-12)18-17(19(27)15-5-2-8-30-15)20(28)21(29)26(18)22-25-14-7-6-13(24)10-16(14)31-22/h1-10,18,28H/t18-/m1/s1. The second-order valence-corrected chi connectivity index (χ2v) is 8.77. The lowest BCUT2D eigenvalue weighted by atomic mass is 9.95. The highest BCUT2D eigenvalue weighted by atomic mass is 32.1. The van der Waals surface area contributed by atoms with Crippen molar-refractivity contribution < 1.29 is 23.5 Å². The number of amides is 1. The Morgan fingerprint density at radius 2 is 1.87 bits per heavy atom. The normalized spacial score (nSPS) is 16.5. The maximum atomic E-state index is 14.0. The SMILES string of the molecule is O=C(C1=C(O)C(=O)N(c2nc3ccc(F)cc3s2)[C@@H]1c1cccc(F)c1)c1cccs1. The van der Waals surface area contributed by atoms with Crippen LogP contribution in [0.15, 0.2) is 71.3 Å². The van der Waals surface area contributed by atoms with Crippen molar-refractivity contribution in [2.45, 2.75) is 6.04 Å². The number of ketones is 1. The van der Waals surface area contributed by atoms with Crippen LogP contribution in [0.3, 0.4) is 0 Å². The number of rotatable bonds is 4. The van der Waals surface area contributed by atoms with E-state index in [0.29, 0.717) is 20.7 Å². The van der Waals surface area contributed by atoms with Gasteiger partial charge >= 0.3 is 0 Å². The minimum absolute atomic E-state index is 0.150. The average molecular weight is 454 g/mol. The molecule has 0 spiro atoms. The molecule has 0 radical (unpaired) electrons. The van der Waals surface area contributed by atoms with Crippen LogP contribution in [0.5, 0.6) is 0 Å². The van der Waals surface area contributed by atoms with Crippen LogP contribution >= 0.6 is 22.7 Å². The summed E-state index contributed by atoms with van der Waals surface area (Å²) in [4.78, 5) is 32.1. The molecule has 0 bridgehead atoms. The molecule has 1 amide bonds. The Kier molecular flexibility index (Phi) is 4.64. The summed E-state index contributed by atoms with van der Waals surface area (Å²) in [6.45, 7) is 0. The van der Waals surface area contributed by atoms with Crippen LogP contribution in [0, 0.1) is 11.6 Å². The van der Waals surface area contributed by atoms with Crippen LogP contribution in [-0.2, 0) is 4.79 Å². The maximum absolute atomic E-state index is 14.0. The summed E-state index contributed by atoms with van der Waals surface area (Å²) in [6, 6.07) is 11.7. The van der Waals surface area contributed by atoms with Gasteiger partial charge in [-0.1, -0.05) is 29.5 Å². The van der Waals surface area contributed by atoms with Gasteiger partial charge in [-0.25, -0.2) is 13.8 Å². The molecule has 2 aromatic heterocycles. The van der Waals surface area contributed by atoms with E-state index in [1.54, 1.807) is 23.6 Å². The summed E-state index contributed by atoms with van der Waals surface area (Å²) < 4.78 is 28.2. The van der Waals surface area contributed by atoms with E-state index in [4.69, 9.17) is 0 Å². The van der Waals surface area contributed by atoms with E-state index >= 15 is 0 Å². The molecule has 31 heavy (non-hydrogen) atoms. The van der Waals surface area contributed by atoms with Gasteiger partial charge in [-0.05, 0) is 47.3 Å². The number of fused-ring (bicyclic) bond motifs is 1. The first-order valence-electron chi connectivity index (χ1n) is 9.10. The Morgan fingerprint density at radius 3 is 2.61 bits per heavy atom. The van der Waals surface area contributed by atoms with Crippen molar-refractivity contribution in [3.8, 4) is 0 Å². The van der Waals surface area contributed by atoms with Crippen molar-refractivity contribution in [1.82, 2.24) is 4.98 Å². The molecule has 1 aliphatic rings. The van der Waals surface area contributed by atoms with Gasteiger partial charge in [-0.2, -0.15) is 0 Å². The van der Waals surface area contributed by atoms with Gasteiger partial charge in [0.2, 0.25) is 5.78 Å². The Bertz CT molecular complexity index is 1380. The molecule has 0 saturated heterocycles. The number of carbonyl (C=O) groups is 2. The van der Waals surface area contributed by atoms with Crippen molar-refractivity contribution in [2.24, 2.45) is 0 Å². The molecule has 0 saturated carbocycles. The molecule has 5 rings (SSSR count). The lowest BCUT2D eigenvalue weighted by Gasteiger charge is -2.24. The van der Waals surface area contributed by atoms with Gasteiger partial charge in [-0.15, -0.1) is 11.3 Å². The Labute approximate surface area is 182 Å². The van der Waals surface area contributed by atoms with Crippen LogP contribution in [0.25, 0.3) is 10.2 Å². The lowest BCUT2D eigenvalue weighted by Crippen LogP contribution is -2.31. The van der Waals surface area contributed by atoms with E-state index in [-0.39, 0.29) is 10.7 Å². The van der Waals surface area contributed by atoms with Crippen LogP contribution in [0.2, 0.25) is 0 Å². The number of hydrogen-bond acceptors (Lipinski definition) is 6. The molecule has 9 heteroatoms. The first-order chi connectivity index (χ1) is 14.9. The number of thiophene rings is 1. The van der Waals surface area contributed by atoms with Crippen molar-refractivity contribution in [3.63, 3.8) is 0 Å². The molecule has 1 N–H and O–H groups in total. The van der Waals surface area contributed by atoms with Crippen LogP contribution in [0.1, 0.15) is 21.3 Å². The van der Waals surface area contributed by atoms with E-state index in [2.05, 4.69) is 4.98 Å². The van der Waals surface area contributed by atoms with Crippen molar-refractivity contribution in [1.29, 1.82) is 0 Å². The quantitative estimate of drug-likeness (QED) is 0.418. The largest absolute Gasteiger partial charge is 0.503 e. The minimum Gasteiger partial charge on any atom is -0.503 e. The smallest absolute Gasteiger partial charge is 0.296 e. The second-order valence-electron chi connectivity index (χ2n) is 6.81. The van der Waals surface area contributed by atoms with Crippen LogP contribution < -0.4 is 4.90 Å². The monoisotopic (exact) mass is 454 g/mol. The summed E-state index contributed by atoms with van der Waals surface area (Å²) in [6.07, 6.45) is 0.